The lowest BCUT2D eigenvalue weighted by Crippen LogP contribution is -2.18. The van der Waals surface area contributed by atoms with E-state index in [1.807, 2.05) is 49.0 Å². The second-order valence-electron chi connectivity index (χ2n) is 4.02. The molecule has 3 heteroatoms. The summed E-state index contributed by atoms with van der Waals surface area (Å²) in [5.41, 5.74) is 1.09. The molecule has 0 aliphatic heterocycles. The lowest BCUT2D eigenvalue weighted by atomic mass is 10.2. The normalized spacial score (nSPS) is 11.4. The molecule has 0 aliphatic carbocycles. The number of benzene rings is 1. The molecule has 0 saturated heterocycles. The molecule has 2 rings (SSSR count). The lowest BCUT2D eigenvalue weighted by molar-refractivity contribution is 0.361. The Morgan fingerprint density at radius 1 is 1.27 bits per heavy atom. The SMILES string of the molecule is CN(C)CCn1c(O)cc2ccccc21. The largest absolute Gasteiger partial charge is 0.494 e. The smallest absolute Gasteiger partial charge is 0.192 e. The van der Waals surface area contributed by atoms with Gasteiger partial charge in [0.15, 0.2) is 5.88 Å². The Hall–Kier alpha value is -1.48. The molecule has 3 nitrogen and oxygen atoms in total. The molecular weight excluding hydrogens is 188 g/mol. The van der Waals surface area contributed by atoms with Crippen molar-refractivity contribution >= 4 is 10.9 Å². The van der Waals surface area contributed by atoms with Crippen LogP contribution in [0.1, 0.15) is 0 Å². The summed E-state index contributed by atoms with van der Waals surface area (Å²) in [4.78, 5) is 2.11. The lowest BCUT2D eigenvalue weighted by Gasteiger charge is -2.11. The van der Waals surface area contributed by atoms with E-state index in [1.54, 1.807) is 0 Å². The van der Waals surface area contributed by atoms with E-state index in [-0.39, 0.29) is 0 Å². The van der Waals surface area contributed by atoms with E-state index >= 15 is 0 Å². The highest BCUT2D eigenvalue weighted by Crippen LogP contribution is 2.23. The average molecular weight is 204 g/mol. The van der Waals surface area contributed by atoms with Crippen LogP contribution in [0.4, 0.5) is 0 Å². The first kappa shape index (κ1) is 10.1. The second-order valence-corrected chi connectivity index (χ2v) is 4.02. The highest BCUT2D eigenvalue weighted by molar-refractivity contribution is 5.82. The van der Waals surface area contributed by atoms with E-state index in [9.17, 15) is 5.11 Å². The zero-order chi connectivity index (χ0) is 10.8. The van der Waals surface area contributed by atoms with Gasteiger partial charge in [0.2, 0.25) is 0 Å². The van der Waals surface area contributed by atoms with Gasteiger partial charge in [-0.2, -0.15) is 0 Å². The molecule has 1 N–H and O–H groups in total. The predicted octanol–water partition coefficient (Wildman–Crippen LogP) is 1.91. The monoisotopic (exact) mass is 204 g/mol. The second kappa shape index (κ2) is 3.95. The fraction of sp³-hybridized carbons (Fsp3) is 0.333. The highest BCUT2D eigenvalue weighted by atomic mass is 16.3. The van der Waals surface area contributed by atoms with Crippen LogP contribution in [0.2, 0.25) is 0 Å². The van der Waals surface area contributed by atoms with Crippen LogP contribution < -0.4 is 0 Å². The molecule has 0 bridgehead atoms. The first-order valence-corrected chi connectivity index (χ1v) is 5.10. The highest BCUT2D eigenvalue weighted by Gasteiger charge is 2.06. The summed E-state index contributed by atoms with van der Waals surface area (Å²) in [6.07, 6.45) is 0. The van der Waals surface area contributed by atoms with Crippen molar-refractivity contribution in [2.24, 2.45) is 0 Å². The van der Waals surface area contributed by atoms with Crippen LogP contribution in [0, 0.1) is 0 Å². The van der Waals surface area contributed by atoms with Crippen molar-refractivity contribution in [2.45, 2.75) is 6.54 Å². The van der Waals surface area contributed by atoms with Gasteiger partial charge in [-0.15, -0.1) is 0 Å². The quantitative estimate of drug-likeness (QED) is 0.827. The van der Waals surface area contributed by atoms with Crippen molar-refractivity contribution in [2.75, 3.05) is 20.6 Å². The molecule has 1 heterocycles. The van der Waals surface area contributed by atoms with Gasteiger partial charge in [0, 0.05) is 24.5 Å². The molecule has 0 saturated carbocycles. The molecule has 0 unspecified atom stereocenters. The summed E-state index contributed by atoms with van der Waals surface area (Å²) >= 11 is 0. The van der Waals surface area contributed by atoms with Crippen molar-refractivity contribution in [1.29, 1.82) is 0 Å². The number of hydrogen-bond acceptors (Lipinski definition) is 2. The van der Waals surface area contributed by atoms with Gasteiger partial charge in [-0.25, -0.2) is 0 Å². The van der Waals surface area contributed by atoms with Crippen LogP contribution in [-0.2, 0) is 6.54 Å². The van der Waals surface area contributed by atoms with Gasteiger partial charge in [0.05, 0.1) is 5.52 Å². The number of aromatic hydroxyl groups is 1. The van der Waals surface area contributed by atoms with Crippen molar-refractivity contribution < 1.29 is 5.11 Å². The third kappa shape index (κ3) is 1.97. The molecular formula is C12H16N2O. The Labute approximate surface area is 89.5 Å². The molecule has 0 aliphatic rings. The molecule has 80 valence electrons. The Bertz CT molecular complexity index is 460. The van der Waals surface area contributed by atoms with E-state index < -0.39 is 0 Å². The molecule has 15 heavy (non-hydrogen) atoms. The first-order valence-electron chi connectivity index (χ1n) is 5.10. The minimum absolute atomic E-state index is 0.345. The van der Waals surface area contributed by atoms with Crippen LogP contribution >= 0.6 is 0 Å². The number of aromatic nitrogens is 1. The molecule has 0 fully saturated rings. The Morgan fingerprint density at radius 2 is 2.00 bits per heavy atom. The van der Waals surface area contributed by atoms with Crippen LogP contribution in [0.25, 0.3) is 10.9 Å². The van der Waals surface area contributed by atoms with Gasteiger partial charge < -0.3 is 14.6 Å². The predicted molar refractivity (Wildman–Crippen MR) is 62.2 cm³/mol. The summed E-state index contributed by atoms with van der Waals surface area (Å²) in [5, 5.41) is 10.9. The summed E-state index contributed by atoms with van der Waals surface area (Å²) in [6.45, 7) is 1.73. The third-order valence-electron chi connectivity index (χ3n) is 2.56. The summed E-state index contributed by atoms with van der Waals surface area (Å²) < 4.78 is 1.94. The maximum atomic E-state index is 9.79. The minimum atomic E-state index is 0.345. The molecule has 0 amide bonds. The van der Waals surface area contributed by atoms with Crippen molar-refractivity contribution in [3.63, 3.8) is 0 Å². The van der Waals surface area contributed by atoms with Crippen LogP contribution in [-0.4, -0.2) is 35.2 Å². The zero-order valence-electron chi connectivity index (χ0n) is 9.14. The Kier molecular flexibility index (Phi) is 2.64. The van der Waals surface area contributed by atoms with Crippen molar-refractivity contribution in [3.8, 4) is 5.88 Å². The number of rotatable bonds is 3. The third-order valence-corrected chi connectivity index (χ3v) is 2.56. The van der Waals surface area contributed by atoms with Crippen LogP contribution in [0.3, 0.4) is 0 Å². The first-order chi connectivity index (χ1) is 7.18. The maximum Gasteiger partial charge on any atom is 0.192 e. The Morgan fingerprint density at radius 3 is 2.73 bits per heavy atom. The van der Waals surface area contributed by atoms with Gasteiger partial charge >= 0.3 is 0 Å². The summed E-state index contributed by atoms with van der Waals surface area (Å²) in [5.74, 6) is 0.345. The molecule has 1 aromatic heterocycles. The Balaban J connectivity index is 2.36. The molecule has 0 radical (unpaired) electrons. The van der Waals surface area contributed by atoms with E-state index in [0.717, 1.165) is 24.0 Å². The van der Waals surface area contributed by atoms with Gasteiger partial charge in [-0.05, 0) is 20.2 Å². The van der Waals surface area contributed by atoms with Crippen molar-refractivity contribution in [1.82, 2.24) is 9.47 Å². The molecule has 0 atom stereocenters. The van der Waals surface area contributed by atoms with Gasteiger partial charge in [0.1, 0.15) is 0 Å². The van der Waals surface area contributed by atoms with Gasteiger partial charge in [-0.1, -0.05) is 18.2 Å². The number of hydrogen-bond donors (Lipinski definition) is 1. The van der Waals surface area contributed by atoms with Crippen LogP contribution in [0.15, 0.2) is 30.3 Å². The number of nitrogens with zero attached hydrogens (tertiary/aromatic N) is 2. The topological polar surface area (TPSA) is 28.4 Å². The van der Waals surface area contributed by atoms with Gasteiger partial charge in [-0.3, -0.25) is 0 Å². The van der Waals surface area contributed by atoms with E-state index in [2.05, 4.69) is 4.90 Å². The van der Waals surface area contributed by atoms with Gasteiger partial charge in [0.25, 0.3) is 0 Å². The average Bonchev–Trinajstić information content (AvgIpc) is 2.50. The number of fused-ring (bicyclic) bond motifs is 1. The molecule has 2 aromatic rings. The maximum absolute atomic E-state index is 9.79. The standard InChI is InChI=1S/C12H16N2O/c1-13(2)7-8-14-11-6-4-3-5-10(11)9-12(14)15/h3-6,9,15H,7-8H2,1-2H3. The van der Waals surface area contributed by atoms with E-state index in [4.69, 9.17) is 0 Å². The fourth-order valence-electron chi connectivity index (χ4n) is 1.73. The minimum Gasteiger partial charge on any atom is -0.494 e. The van der Waals surface area contributed by atoms with Crippen molar-refractivity contribution in [3.05, 3.63) is 30.3 Å². The van der Waals surface area contributed by atoms with Crippen LogP contribution in [0.5, 0.6) is 5.88 Å². The summed E-state index contributed by atoms with van der Waals surface area (Å²) in [6, 6.07) is 9.84. The molecule has 0 spiro atoms. The fourth-order valence-corrected chi connectivity index (χ4v) is 1.73. The number of para-hydroxylation sites is 1. The van der Waals surface area contributed by atoms with E-state index in [0.29, 0.717) is 5.88 Å². The summed E-state index contributed by atoms with van der Waals surface area (Å²) in [7, 11) is 4.06. The zero-order valence-corrected chi connectivity index (χ0v) is 9.14. The van der Waals surface area contributed by atoms with E-state index in [1.165, 1.54) is 0 Å². The number of likely N-dealkylation sites (N-methyl/N-ethyl adjacent to an activating group) is 1. The molecule has 1 aromatic carbocycles.